The maximum atomic E-state index is 9.40. The molecule has 1 aromatic heterocycles. The van der Waals surface area contributed by atoms with Crippen LogP contribution in [0.1, 0.15) is 25.0 Å². The second-order valence-electron chi connectivity index (χ2n) is 5.57. The fourth-order valence-corrected chi connectivity index (χ4v) is 3.17. The molecule has 21 heavy (non-hydrogen) atoms. The lowest BCUT2D eigenvalue weighted by molar-refractivity contribution is 0.199. The standard InChI is InChI=1S/C16H18N4O/c17-8-15-16(13-6-1-2-7-14(13)19-20-15)18-9-11-4-3-5-12(11)10-21/h1-2,6-7,11-12,21H,3-5,9-10H2,(H,18,19). The van der Waals surface area contributed by atoms with Crippen molar-refractivity contribution in [3.8, 4) is 6.07 Å². The molecule has 1 aliphatic carbocycles. The quantitative estimate of drug-likeness (QED) is 0.899. The summed E-state index contributed by atoms with van der Waals surface area (Å²) in [4.78, 5) is 0. The zero-order chi connectivity index (χ0) is 14.7. The first-order chi connectivity index (χ1) is 10.3. The van der Waals surface area contributed by atoms with Gasteiger partial charge in [0.2, 0.25) is 0 Å². The van der Waals surface area contributed by atoms with Gasteiger partial charge < -0.3 is 10.4 Å². The monoisotopic (exact) mass is 282 g/mol. The number of anilines is 1. The summed E-state index contributed by atoms with van der Waals surface area (Å²) >= 11 is 0. The highest BCUT2D eigenvalue weighted by molar-refractivity contribution is 5.92. The van der Waals surface area contributed by atoms with Gasteiger partial charge in [0.15, 0.2) is 5.69 Å². The van der Waals surface area contributed by atoms with E-state index in [1.54, 1.807) is 0 Å². The fourth-order valence-electron chi connectivity index (χ4n) is 3.17. The van der Waals surface area contributed by atoms with E-state index in [1.165, 1.54) is 0 Å². The summed E-state index contributed by atoms with van der Waals surface area (Å²) in [7, 11) is 0. The van der Waals surface area contributed by atoms with Gasteiger partial charge in [0, 0.05) is 18.5 Å². The second kappa shape index (κ2) is 6.06. The molecule has 2 atom stereocenters. The van der Waals surface area contributed by atoms with E-state index in [-0.39, 0.29) is 6.61 Å². The molecule has 2 unspecified atom stereocenters. The van der Waals surface area contributed by atoms with Crippen LogP contribution in [0.3, 0.4) is 0 Å². The summed E-state index contributed by atoms with van der Waals surface area (Å²) in [6.07, 6.45) is 3.37. The van der Waals surface area contributed by atoms with Crippen molar-refractivity contribution >= 4 is 16.6 Å². The first-order valence-corrected chi connectivity index (χ1v) is 7.33. The minimum atomic E-state index is 0.243. The second-order valence-corrected chi connectivity index (χ2v) is 5.57. The summed E-state index contributed by atoms with van der Waals surface area (Å²) in [5.41, 5.74) is 1.86. The Kier molecular flexibility index (Phi) is 3.98. The number of nitrogens with one attached hydrogen (secondary N) is 1. The molecular formula is C16H18N4O. The number of aliphatic hydroxyl groups excluding tert-OH is 1. The lowest BCUT2D eigenvalue weighted by Crippen LogP contribution is -2.21. The number of hydrogen-bond acceptors (Lipinski definition) is 5. The van der Waals surface area contributed by atoms with Crippen LogP contribution in [-0.4, -0.2) is 28.5 Å². The summed E-state index contributed by atoms with van der Waals surface area (Å²) in [6.45, 7) is 1.00. The van der Waals surface area contributed by atoms with Crippen molar-refractivity contribution in [3.05, 3.63) is 30.0 Å². The molecule has 2 N–H and O–H groups in total. The first kappa shape index (κ1) is 13.8. The third-order valence-electron chi connectivity index (χ3n) is 4.37. The highest BCUT2D eigenvalue weighted by atomic mass is 16.3. The number of rotatable bonds is 4. The molecule has 2 aromatic rings. The molecule has 3 rings (SSSR count). The Morgan fingerprint density at radius 1 is 1.24 bits per heavy atom. The molecule has 1 fully saturated rings. The van der Waals surface area contributed by atoms with Gasteiger partial charge >= 0.3 is 0 Å². The molecule has 0 radical (unpaired) electrons. The van der Waals surface area contributed by atoms with Crippen LogP contribution in [0.2, 0.25) is 0 Å². The minimum absolute atomic E-state index is 0.243. The maximum absolute atomic E-state index is 9.40. The third kappa shape index (κ3) is 2.67. The molecule has 1 saturated carbocycles. The highest BCUT2D eigenvalue weighted by Gasteiger charge is 2.26. The van der Waals surface area contributed by atoms with E-state index in [0.717, 1.165) is 42.4 Å². The van der Waals surface area contributed by atoms with Gasteiger partial charge in [-0.3, -0.25) is 0 Å². The topological polar surface area (TPSA) is 81.8 Å². The van der Waals surface area contributed by atoms with Gasteiger partial charge in [0.05, 0.1) is 11.2 Å². The Labute approximate surface area is 123 Å². The molecule has 5 nitrogen and oxygen atoms in total. The average Bonchev–Trinajstić information content (AvgIpc) is 2.99. The van der Waals surface area contributed by atoms with E-state index in [9.17, 15) is 10.4 Å². The number of fused-ring (bicyclic) bond motifs is 1. The molecule has 108 valence electrons. The lowest BCUT2D eigenvalue weighted by Gasteiger charge is -2.19. The number of benzene rings is 1. The molecular weight excluding hydrogens is 264 g/mol. The molecule has 5 heteroatoms. The van der Waals surface area contributed by atoms with Crippen LogP contribution in [0.25, 0.3) is 10.9 Å². The van der Waals surface area contributed by atoms with Gasteiger partial charge in [-0.15, -0.1) is 10.2 Å². The van der Waals surface area contributed by atoms with Crippen molar-refractivity contribution in [1.82, 2.24) is 10.2 Å². The predicted molar refractivity (Wildman–Crippen MR) is 80.7 cm³/mol. The van der Waals surface area contributed by atoms with Crippen molar-refractivity contribution < 1.29 is 5.11 Å². The minimum Gasteiger partial charge on any atom is -0.396 e. The summed E-state index contributed by atoms with van der Waals surface area (Å²) in [5, 5.41) is 31.0. The normalized spacial score (nSPS) is 21.3. The van der Waals surface area contributed by atoms with Crippen LogP contribution in [0.5, 0.6) is 0 Å². The zero-order valence-electron chi connectivity index (χ0n) is 11.8. The number of nitrogens with zero attached hydrogens (tertiary/aromatic N) is 3. The Balaban J connectivity index is 1.87. The van der Waals surface area contributed by atoms with Gasteiger partial charge in [0.25, 0.3) is 0 Å². The highest BCUT2D eigenvalue weighted by Crippen LogP contribution is 2.32. The van der Waals surface area contributed by atoms with Crippen molar-refractivity contribution in [2.24, 2.45) is 11.8 Å². The number of aromatic nitrogens is 2. The maximum Gasteiger partial charge on any atom is 0.186 e. The number of nitriles is 1. The number of hydrogen-bond donors (Lipinski definition) is 2. The molecule has 0 bridgehead atoms. The van der Waals surface area contributed by atoms with E-state index in [4.69, 9.17) is 0 Å². The van der Waals surface area contributed by atoms with E-state index in [2.05, 4.69) is 21.6 Å². The van der Waals surface area contributed by atoms with Crippen molar-refractivity contribution in [1.29, 1.82) is 5.26 Å². The molecule has 0 spiro atoms. The Morgan fingerprint density at radius 2 is 2.05 bits per heavy atom. The van der Waals surface area contributed by atoms with Crippen molar-refractivity contribution in [2.45, 2.75) is 19.3 Å². The molecule has 1 heterocycles. The van der Waals surface area contributed by atoms with Gasteiger partial charge in [-0.05, 0) is 30.7 Å². The molecule has 0 saturated heterocycles. The molecule has 0 amide bonds. The fraction of sp³-hybridized carbons (Fsp3) is 0.438. The van der Waals surface area contributed by atoms with Crippen molar-refractivity contribution in [3.63, 3.8) is 0 Å². The Bertz CT molecular complexity index is 680. The van der Waals surface area contributed by atoms with Gasteiger partial charge in [-0.25, -0.2) is 0 Å². The Hall–Kier alpha value is -2.19. The van der Waals surface area contributed by atoms with Crippen LogP contribution < -0.4 is 5.32 Å². The average molecular weight is 282 g/mol. The van der Waals surface area contributed by atoms with E-state index < -0.39 is 0 Å². The summed E-state index contributed by atoms with van der Waals surface area (Å²) in [6, 6.07) is 9.78. The van der Waals surface area contributed by atoms with Crippen LogP contribution >= 0.6 is 0 Å². The largest absolute Gasteiger partial charge is 0.396 e. The molecule has 1 aliphatic rings. The zero-order valence-corrected chi connectivity index (χ0v) is 11.8. The van der Waals surface area contributed by atoms with E-state index >= 15 is 0 Å². The third-order valence-corrected chi connectivity index (χ3v) is 4.37. The van der Waals surface area contributed by atoms with Crippen LogP contribution in [0.15, 0.2) is 24.3 Å². The van der Waals surface area contributed by atoms with Crippen LogP contribution in [0.4, 0.5) is 5.69 Å². The van der Waals surface area contributed by atoms with Crippen LogP contribution in [0, 0.1) is 23.2 Å². The van der Waals surface area contributed by atoms with Crippen molar-refractivity contribution in [2.75, 3.05) is 18.5 Å². The van der Waals surface area contributed by atoms with E-state index in [0.29, 0.717) is 17.5 Å². The molecule has 1 aromatic carbocycles. The summed E-state index contributed by atoms with van der Waals surface area (Å²) < 4.78 is 0. The van der Waals surface area contributed by atoms with E-state index in [1.807, 2.05) is 24.3 Å². The first-order valence-electron chi connectivity index (χ1n) is 7.33. The van der Waals surface area contributed by atoms with Gasteiger partial charge in [-0.2, -0.15) is 5.26 Å². The van der Waals surface area contributed by atoms with Gasteiger partial charge in [-0.1, -0.05) is 24.6 Å². The lowest BCUT2D eigenvalue weighted by atomic mass is 9.97. The SMILES string of the molecule is N#Cc1nnc2ccccc2c1NCC1CCCC1CO. The van der Waals surface area contributed by atoms with Crippen LogP contribution in [-0.2, 0) is 0 Å². The summed E-state index contributed by atoms with van der Waals surface area (Å²) in [5.74, 6) is 0.817. The number of aliphatic hydroxyl groups is 1. The van der Waals surface area contributed by atoms with Gasteiger partial charge in [0.1, 0.15) is 6.07 Å². The predicted octanol–water partition coefficient (Wildman–Crippen LogP) is 2.32. The molecule has 0 aliphatic heterocycles. The smallest absolute Gasteiger partial charge is 0.186 e. The Morgan fingerprint density at radius 3 is 2.86 bits per heavy atom.